The van der Waals surface area contributed by atoms with Crippen LogP contribution in [0.25, 0.3) is 5.57 Å². The van der Waals surface area contributed by atoms with E-state index in [4.69, 9.17) is 4.74 Å². The van der Waals surface area contributed by atoms with Crippen LogP contribution in [-0.2, 0) is 4.79 Å². The molecule has 2 aromatic rings. The molecule has 1 unspecified atom stereocenters. The van der Waals surface area contributed by atoms with Gasteiger partial charge in [0.05, 0.1) is 17.4 Å². The molecule has 1 atom stereocenters. The lowest BCUT2D eigenvalue weighted by Gasteiger charge is -2.40. The van der Waals surface area contributed by atoms with E-state index in [9.17, 15) is 18.0 Å². The molecule has 33 heavy (non-hydrogen) atoms. The molecule has 0 aliphatic carbocycles. The van der Waals surface area contributed by atoms with Crippen LogP contribution in [0.3, 0.4) is 0 Å². The van der Waals surface area contributed by atoms with Crippen molar-refractivity contribution < 1.29 is 27.4 Å². The van der Waals surface area contributed by atoms with Crippen molar-refractivity contribution in [2.24, 2.45) is 0 Å². The number of benzene rings is 2. The summed E-state index contributed by atoms with van der Waals surface area (Å²) in [7, 11) is 1.42. The summed E-state index contributed by atoms with van der Waals surface area (Å²) in [4.78, 5) is 16.4. The number of rotatable bonds is 6. The first-order chi connectivity index (χ1) is 15.8. The fourth-order valence-electron chi connectivity index (χ4n) is 4.12. The normalized spacial score (nSPS) is 18.0. The first-order valence-electron chi connectivity index (χ1n) is 10.9. The quantitative estimate of drug-likeness (QED) is 0.504. The molecular weight excluding hydrogens is 433 g/mol. The Kier molecular flexibility index (Phi) is 6.35. The highest BCUT2D eigenvalue weighted by Crippen LogP contribution is 2.44. The maximum atomic E-state index is 13.0. The number of amides is 1. The molecule has 0 spiro atoms. The van der Waals surface area contributed by atoms with Gasteiger partial charge in [0, 0.05) is 24.9 Å². The molecule has 2 heterocycles. The Morgan fingerprint density at radius 3 is 2.79 bits per heavy atom. The van der Waals surface area contributed by atoms with E-state index in [2.05, 4.69) is 16.6 Å². The summed E-state index contributed by atoms with van der Waals surface area (Å²) in [6.07, 6.45) is 3.55. The number of anilines is 2. The Labute approximate surface area is 190 Å². The Morgan fingerprint density at radius 2 is 2.03 bits per heavy atom. The largest absolute Gasteiger partial charge is 0.573 e. The smallest absolute Gasteiger partial charge is 0.489 e. The summed E-state index contributed by atoms with van der Waals surface area (Å²) >= 11 is 0. The van der Waals surface area contributed by atoms with Gasteiger partial charge in [0.1, 0.15) is 12.4 Å². The first kappa shape index (κ1) is 22.8. The lowest BCUT2D eigenvalue weighted by atomic mass is 9.95. The number of carbonyl (C=O) groups is 1. The molecule has 1 amide bonds. The van der Waals surface area contributed by atoms with E-state index >= 15 is 0 Å². The average molecular weight is 458 g/mol. The van der Waals surface area contributed by atoms with Crippen LogP contribution in [0.15, 0.2) is 60.8 Å². The number of hydrogen-bond donors (Lipinski definition) is 0. The second-order valence-electron chi connectivity index (χ2n) is 7.99. The summed E-state index contributed by atoms with van der Waals surface area (Å²) in [5.41, 5.74) is 2.44. The van der Waals surface area contributed by atoms with Crippen molar-refractivity contribution in [3.05, 3.63) is 66.4 Å². The average Bonchev–Trinajstić information content (AvgIpc) is 2.79. The maximum absolute atomic E-state index is 13.0. The number of hydrogen-bond acceptors (Lipinski definition) is 4. The van der Waals surface area contributed by atoms with Gasteiger partial charge < -0.3 is 19.3 Å². The fourth-order valence-corrected chi connectivity index (χ4v) is 4.12. The van der Waals surface area contributed by atoms with Crippen LogP contribution in [0.1, 0.15) is 31.7 Å². The van der Waals surface area contributed by atoms with Gasteiger partial charge in [-0.15, -0.1) is 13.2 Å². The standard InChI is InChI=1S/C25H25F3N2O3/c1-3-4-8-18-16-32-22-12-7-9-19-17(13-14-30(18)24(19)22)15-23(31)29(2)20-10-5-6-11-21(20)33-25(26,27)28/h5-7,9-15,18H,3-4,8,16H2,1-2H3/b17-15+. The van der Waals surface area contributed by atoms with E-state index in [1.165, 1.54) is 31.3 Å². The van der Waals surface area contributed by atoms with Gasteiger partial charge in [-0.2, -0.15) is 0 Å². The van der Waals surface area contributed by atoms with Crippen LogP contribution < -0.4 is 19.3 Å². The highest BCUT2D eigenvalue weighted by molar-refractivity contribution is 6.08. The highest BCUT2D eigenvalue weighted by atomic mass is 19.4. The number of halogens is 3. The summed E-state index contributed by atoms with van der Waals surface area (Å²) in [6.45, 7) is 2.74. The van der Waals surface area contributed by atoms with E-state index in [0.29, 0.717) is 12.2 Å². The summed E-state index contributed by atoms with van der Waals surface area (Å²) < 4.78 is 48.4. The van der Waals surface area contributed by atoms with Crippen LogP contribution in [0, 0.1) is 0 Å². The zero-order valence-corrected chi connectivity index (χ0v) is 18.4. The van der Waals surface area contributed by atoms with Gasteiger partial charge in [-0.05, 0) is 36.3 Å². The molecule has 0 radical (unpaired) electrons. The minimum Gasteiger partial charge on any atom is -0.489 e. The van der Waals surface area contributed by atoms with Crippen molar-refractivity contribution >= 4 is 22.9 Å². The summed E-state index contributed by atoms with van der Waals surface area (Å²) in [6, 6.07) is 11.5. The summed E-state index contributed by atoms with van der Waals surface area (Å²) in [5, 5.41) is 0. The highest BCUT2D eigenvalue weighted by Gasteiger charge is 2.33. The van der Waals surface area contributed by atoms with Crippen molar-refractivity contribution in [2.75, 3.05) is 23.5 Å². The van der Waals surface area contributed by atoms with Crippen LogP contribution in [-0.4, -0.2) is 32.0 Å². The minimum atomic E-state index is -4.86. The number of ether oxygens (including phenoxy) is 2. The number of allylic oxidation sites excluding steroid dienone is 2. The molecule has 0 bridgehead atoms. The number of likely N-dealkylation sites (N-methyl/N-ethyl adjacent to an activating group) is 1. The third-order valence-corrected chi connectivity index (χ3v) is 5.76. The molecule has 2 aromatic carbocycles. The zero-order valence-electron chi connectivity index (χ0n) is 18.4. The molecule has 2 aliphatic heterocycles. The van der Waals surface area contributed by atoms with Crippen LogP contribution >= 0.6 is 0 Å². The fraction of sp³-hybridized carbons (Fsp3) is 0.320. The van der Waals surface area contributed by atoms with Gasteiger partial charge in [0.15, 0.2) is 5.75 Å². The minimum absolute atomic E-state index is 0.0242. The van der Waals surface area contributed by atoms with E-state index in [1.54, 1.807) is 6.07 Å². The lowest BCUT2D eigenvalue weighted by Crippen LogP contribution is -2.41. The number of unbranched alkanes of at least 4 members (excludes halogenated alkanes) is 1. The molecular formula is C25H25F3N2O3. The van der Waals surface area contributed by atoms with Gasteiger partial charge in [0.2, 0.25) is 0 Å². The summed E-state index contributed by atoms with van der Waals surface area (Å²) in [5.74, 6) is -0.160. The Bertz CT molecular complexity index is 1090. The molecule has 4 rings (SSSR count). The molecule has 0 N–H and O–H groups in total. The lowest BCUT2D eigenvalue weighted by molar-refractivity contribution is -0.274. The van der Waals surface area contributed by atoms with E-state index in [1.807, 2.05) is 30.5 Å². The maximum Gasteiger partial charge on any atom is 0.573 e. The SMILES string of the molecule is CCCCC1COc2cccc3c2N1C=C/C3=C\C(=O)N(C)c1ccccc1OC(F)(F)F. The third kappa shape index (κ3) is 4.84. The van der Waals surface area contributed by atoms with Gasteiger partial charge >= 0.3 is 6.36 Å². The molecule has 0 saturated carbocycles. The Morgan fingerprint density at radius 1 is 1.24 bits per heavy atom. The van der Waals surface area contributed by atoms with Gasteiger partial charge in [-0.25, -0.2) is 0 Å². The van der Waals surface area contributed by atoms with Crippen molar-refractivity contribution in [1.29, 1.82) is 0 Å². The number of carbonyl (C=O) groups excluding carboxylic acids is 1. The zero-order chi connectivity index (χ0) is 23.6. The molecule has 5 nitrogen and oxygen atoms in total. The van der Waals surface area contributed by atoms with Crippen LogP contribution in [0.4, 0.5) is 24.5 Å². The Balaban J connectivity index is 1.64. The van der Waals surface area contributed by atoms with Crippen molar-refractivity contribution in [1.82, 2.24) is 0 Å². The number of para-hydroxylation sites is 3. The molecule has 8 heteroatoms. The molecule has 0 saturated heterocycles. The van der Waals surface area contributed by atoms with Gasteiger partial charge in [-0.3, -0.25) is 4.79 Å². The second-order valence-corrected chi connectivity index (χ2v) is 7.99. The van der Waals surface area contributed by atoms with Gasteiger partial charge in [0.25, 0.3) is 5.91 Å². The van der Waals surface area contributed by atoms with E-state index in [0.717, 1.165) is 41.2 Å². The number of alkyl halides is 3. The monoisotopic (exact) mass is 458 g/mol. The van der Waals surface area contributed by atoms with E-state index < -0.39 is 18.0 Å². The van der Waals surface area contributed by atoms with Crippen molar-refractivity contribution in [3.8, 4) is 11.5 Å². The van der Waals surface area contributed by atoms with Crippen LogP contribution in [0.2, 0.25) is 0 Å². The molecule has 0 aromatic heterocycles. The Hall–Kier alpha value is -3.42. The first-order valence-corrected chi connectivity index (χ1v) is 10.9. The molecule has 174 valence electrons. The second kappa shape index (κ2) is 9.21. The van der Waals surface area contributed by atoms with Gasteiger partial charge in [-0.1, -0.05) is 44.0 Å². The predicted molar refractivity (Wildman–Crippen MR) is 121 cm³/mol. The van der Waals surface area contributed by atoms with E-state index in [-0.39, 0.29) is 11.7 Å². The predicted octanol–water partition coefficient (Wildman–Crippen LogP) is 5.92. The molecule has 0 fully saturated rings. The van der Waals surface area contributed by atoms with Crippen molar-refractivity contribution in [3.63, 3.8) is 0 Å². The topological polar surface area (TPSA) is 42.0 Å². The van der Waals surface area contributed by atoms with Crippen molar-refractivity contribution in [2.45, 2.75) is 38.6 Å². The van der Waals surface area contributed by atoms with Crippen LogP contribution in [0.5, 0.6) is 11.5 Å². The number of nitrogens with zero attached hydrogens (tertiary/aromatic N) is 2. The molecule has 2 aliphatic rings. The third-order valence-electron chi connectivity index (χ3n) is 5.76.